The summed E-state index contributed by atoms with van der Waals surface area (Å²) in [7, 11) is 11.7. The number of benzene rings is 3. The first-order valence-corrected chi connectivity index (χ1v) is 20.9. The van der Waals surface area contributed by atoms with Gasteiger partial charge in [-0.3, -0.25) is 0 Å². The monoisotopic (exact) mass is 792 g/mol. The maximum atomic E-state index is 14.1. The van der Waals surface area contributed by atoms with E-state index >= 15 is 0 Å². The molecule has 3 aromatic rings. The normalized spacial score (nSPS) is 19.1. The Morgan fingerprint density at radius 2 is 1.27 bits per heavy atom. The van der Waals surface area contributed by atoms with E-state index in [2.05, 4.69) is 82.3 Å². The van der Waals surface area contributed by atoms with Gasteiger partial charge in [-0.25, -0.2) is 0 Å². The Morgan fingerprint density at radius 1 is 0.812 bits per heavy atom. The Labute approximate surface area is 294 Å². The molecule has 0 radical (unpaired) electrons. The van der Waals surface area contributed by atoms with Crippen LogP contribution >= 0.6 is 19.4 Å². The van der Waals surface area contributed by atoms with Crippen molar-refractivity contribution >= 4 is 52.9 Å². The quantitative estimate of drug-likeness (QED) is 0.142. The minimum atomic E-state index is -4.45. The molecule has 1 unspecified atom stereocenters. The smallest absolute Gasteiger partial charge is 0.0146 e. The van der Waals surface area contributed by atoms with Crippen LogP contribution in [0.3, 0.4) is 0 Å². The second-order valence-corrected chi connectivity index (χ2v) is 18.4. The van der Waals surface area contributed by atoms with Crippen LogP contribution in [0.4, 0.5) is 30.2 Å². The van der Waals surface area contributed by atoms with E-state index in [9.17, 15) is 22.8 Å². The summed E-state index contributed by atoms with van der Waals surface area (Å²) < 4.78 is 48.8. The number of carbonyl (C=O) groups is 2. The molecule has 2 amide bonds. The van der Waals surface area contributed by atoms with E-state index in [1.165, 1.54) is 67.6 Å². The molecule has 0 bridgehead atoms. The topological polar surface area (TPSA) is 53.1 Å². The average Bonchev–Trinajstić information content (AvgIpc) is 3.45. The molecular formula is C36H41Cl2F3N3O3Ru-. The van der Waals surface area contributed by atoms with Gasteiger partial charge >= 0.3 is 155 Å². The van der Waals surface area contributed by atoms with Crippen molar-refractivity contribution in [1.29, 1.82) is 0 Å². The van der Waals surface area contributed by atoms with Crippen molar-refractivity contribution in [2.75, 3.05) is 27.8 Å². The fraction of sp³-hybridized carbons (Fsp3) is 0.389. The fourth-order valence-electron chi connectivity index (χ4n) is 6.30. The van der Waals surface area contributed by atoms with Crippen molar-refractivity contribution in [3.8, 4) is 5.75 Å². The van der Waals surface area contributed by atoms with Gasteiger partial charge in [0, 0.05) is 24.5 Å². The number of amides is 2. The zero-order valence-electron chi connectivity index (χ0n) is 28.5. The van der Waals surface area contributed by atoms with Crippen LogP contribution in [0.1, 0.15) is 59.7 Å². The van der Waals surface area contributed by atoms with Crippen LogP contribution in [0, 0.1) is 48.2 Å². The summed E-state index contributed by atoms with van der Waals surface area (Å²) in [5.74, 6) is -7.64. The minimum absolute atomic E-state index is 0.135. The average molecular weight is 793 g/mol. The van der Waals surface area contributed by atoms with Crippen LogP contribution in [0.25, 0.3) is 0 Å². The van der Waals surface area contributed by atoms with Gasteiger partial charge in [-0.15, -0.1) is 0 Å². The minimum Gasteiger partial charge on any atom is -0.502 e. The number of carbonyl (C=O) groups excluding carboxylic acids is 2. The fourth-order valence-corrected chi connectivity index (χ4v) is 8.08. The molecule has 0 aromatic heterocycles. The van der Waals surface area contributed by atoms with Gasteiger partial charge in [-0.1, -0.05) is 35.4 Å². The van der Waals surface area contributed by atoms with Crippen LogP contribution in [-0.2, 0) is 23.1 Å². The molecule has 262 valence electrons. The molecule has 6 nitrogen and oxygen atoms in total. The zero-order valence-corrected chi connectivity index (χ0v) is 31.7. The number of anilines is 3. The van der Waals surface area contributed by atoms with Gasteiger partial charge in [-0.2, -0.15) is 6.67 Å². The molecule has 48 heavy (non-hydrogen) atoms. The number of aryl methyl sites for hydroxylation is 6. The van der Waals surface area contributed by atoms with Crippen LogP contribution in [-0.4, -0.2) is 47.2 Å². The summed E-state index contributed by atoms with van der Waals surface area (Å²) >= 11 is -2.32. The molecular weight excluding hydrogens is 751 g/mol. The molecule has 2 fully saturated rings. The SMILES string of the molecule is CC(C)Oc1ccc(N2C(=O)C(C)(F)C(F)(F)C2=O)cc1[CH]=[Ru]([Cl])[Cl].Cc1cc(C)c(N2[CH-]N(c3c(C)cc(C)cc3C)CC2)c(C)c1. The molecule has 2 heterocycles. The largest absolute Gasteiger partial charge is 0.502 e. The Balaban J connectivity index is 0.000000217. The van der Waals surface area contributed by atoms with E-state index < -0.39 is 36.9 Å². The number of ether oxygens (including phenoxy) is 1. The molecule has 0 N–H and O–H groups in total. The molecule has 0 saturated carbocycles. The zero-order chi connectivity index (χ0) is 35.9. The number of rotatable bonds is 6. The van der Waals surface area contributed by atoms with Gasteiger partial charge < -0.3 is 9.80 Å². The summed E-state index contributed by atoms with van der Waals surface area (Å²) in [6.45, 7) is 21.5. The predicted molar refractivity (Wildman–Crippen MR) is 186 cm³/mol. The number of alkyl halides is 3. The first-order chi connectivity index (χ1) is 22.3. The van der Waals surface area contributed by atoms with Gasteiger partial charge in [0.15, 0.2) is 0 Å². The van der Waals surface area contributed by atoms with E-state index in [0.717, 1.165) is 13.1 Å². The predicted octanol–water partition coefficient (Wildman–Crippen LogP) is 8.77. The summed E-state index contributed by atoms with van der Waals surface area (Å²) in [5, 5.41) is 0. The van der Waals surface area contributed by atoms with Gasteiger partial charge in [0.25, 0.3) is 0 Å². The summed E-state index contributed by atoms with van der Waals surface area (Å²) in [4.78, 5) is 28.8. The van der Waals surface area contributed by atoms with E-state index in [-0.39, 0.29) is 16.7 Å². The van der Waals surface area contributed by atoms with Gasteiger partial charge in [0.05, 0.1) is 0 Å². The second-order valence-electron chi connectivity index (χ2n) is 12.7. The third kappa shape index (κ3) is 7.61. The number of hydrogen-bond acceptors (Lipinski definition) is 5. The van der Waals surface area contributed by atoms with E-state index in [0.29, 0.717) is 18.2 Å². The summed E-state index contributed by atoms with van der Waals surface area (Å²) in [6.07, 6.45) is -0.196. The first-order valence-electron chi connectivity index (χ1n) is 15.4. The van der Waals surface area contributed by atoms with Crippen molar-refractivity contribution in [3.05, 3.63) is 88.1 Å². The molecule has 2 saturated heterocycles. The Kier molecular flexibility index (Phi) is 11.4. The maximum absolute atomic E-state index is 14.1. The molecule has 2 aliphatic rings. The molecule has 0 spiro atoms. The van der Waals surface area contributed by atoms with Gasteiger partial charge in [0.1, 0.15) is 0 Å². The number of nitrogens with zero attached hydrogens (tertiary/aromatic N) is 3. The van der Waals surface area contributed by atoms with Crippen molar-refractivity contribution in [2.45, 2.75) is 80.0 Å². The Hall–Kier alpha value is -2.94. The van der Waals surface area contributed by atoms with Crippen LogP contribution in [0.2, 0.25) is 0 Å². The van der Waals surface area contributed by atoms with E-state index in [1.54, 1.807) is 13.8 Å². The third-order valence-electron chi connectivity index (χ3n) is 8.17. The molecule has 1 atom stereocenters. The van der Waals surface area contributed by atoms with E-state index in [1.807, 2.05) is 0 Å². The second kappa shape index (κ2) is 14.5. The molecule has 0 aliphatic carbocycles. The number of hydrogen-bond donors (Lipinski definition) is 0. The standard InChI is InChI=1S/C21H27N2.C15H14F3NO3.2ClH.Ru/c1-14-9-16(3)20(17(4)10-14)22-7-8-23(13-22)21-18(5)11-15(2)12-19(21)6;1-8(2)22-11-6-5-10(7-9(11)3)19-12(20)14(4,16)15(17,18)13(19)21;;;/h9-13H,7-8H2,1-6H3;3,5-8H,1-2,4H3;2*1H;/q-1;;;;+2/p-2. The van der Waals surface area contributed by atoms with Gasteiger partial charge in [0.2, 0.25) is 0 Å². The number of halogens is 5. The molecule has 12 heteroatoms. The van der Waals surface area contributed by atoms with Gasteiger partial charge in [-0.05, 0) is 63.8 Å². The Bertz CT molecular complexity index is 1640. The third-order valence-corrected chi connectivity index (χ3v) is 10.0. The summed E-state index contributed by atoms with van der Waals surface area (Å²) in [6, 6.07) is 13.0. The van der Waals surface area contributed by atoms with Crippen molar-refractivity contribution in [1.82, 2.24) is 0 Å². The van der Waals surface area contributed by atoms with Crippen LogP contribution in [0.5, 0.6) is 5.75 Å². The first kappa shape index (κ1) is 37.9. The number of imide groups is 1. The van der Waals surface area contributed by atoms with Crippen LogP contribution in [0.15, 0.2) is 42.5 Å². The van der Waals surface area contributed by atoms with E-state index in [4.69, 9.17) is 24.1 Å². The molecule has 5 rings (SSSR count). The Morgan fingerprint density at radius 3 is 1.65 bits per heavy atom. The van der Waals surface area contributed by atoms with Crippen molar-refractivity contribution < 1.29 is 41.0 Å². The molecule has 3 aromatic carbocycles. The maximum Gasteiger partial charge on any atom is 0.0146 e. The van der Waals surface area contributed by atoms with Crippen LogP contribution < -0.4 is 19.4 Å². The summed E-state index contributed by atoms with van der Waals surface area (Å²) in [5.41, 5.74) is 7.36. The molecule has 2 aliphatic heterocycles. The van der Waals surface area contributed by atoms with Crippen molar-refractivity contribution in [2.24, 2.45) is 0 Å². The van der Waals surface area contributed by atoms with Crippen molar-refractivity contribution in [3.63, 3.8) is 0 Å².